The molecule has 1 saturated heterocycles. The lowest BCUT2D eigenvalue weighted by atomic mass is 10.1. The Morgan fingerprint density at radius 1 is 1.21 bits per heavy atom. The first kappa shape index (κ1) is 16.2. The van der Waals surface area contributed by atoms with Crippen molar-refractivity contribution in [1.29, 1.82) is 0 Å². The van der Waals surface area contributed by atoms with Crippen molar-refractivity contribution in [2.45, 2.75) is 26.2 Å². The standard InChI is InChI=1S/C17H21N5O2/c1-13-15(22(23)24)16(21-11-5-6-12-21)20-17(19-13)18-10-9-14-7-3-2-4-8-14/h2-4,7-8H,5-6,9-12H2,1H3,(H,18,19,20). The summed E-state index contributed by atoms with van der Waals surface area (Å²) in [5.41, 5.74) is 1.65. The smallest absolute Gasteiger partial charge is 0.332 e. The predicted octanol–water partition coefficient (Wildman–Crippen LogP) is 2.95. The minimum absolute atomic E-state index is 0.0190. The highest BCUT2D eigenvalue weighted by Crippen LogP contribution is 2.31. The molecule has 0 atom stereocenters. The highest BCUT2D eigenvalue weighted by Gasteiger charge is 2.27. The molecule has 1 fully saturated rings. The Morgan fingerprint density at radius 2 is 1.92 bits per heavy atom. The number of aromatic nitrogens is 2. The van der Waals surface area contributed by atoms with Gasteiger partial charge in [0.05, 0.1) is 4.92 Å². The molecular formula is C17H21N5O2. The fourth-order valence-corrected chi connectivity index (χ4v) is 2.96. The molecule has 1 N–H and O–H groups in total. The average Bonchev–Trinajstić information content (AvgIpc) is 3.09. The lowest BCUT2D eigenvalue weighted by molar-refractivity contribution is -0.385. The number of benzene rings is 1. The predicted molar refractivity (Wildman–Crippen MR) is 93.5 cm³/mol. The number of nitrogens with one attached hydrogen (secondary N) is 1. The molecule has 2 heterocycles. The molecule has 1 aliphatic heterocycles. The molecule has 1 aromatic carbocycles. The summed E-state index contributed by atoms with van der Waals surface area (Å²) in [5, 5.41) is 14.6. The first-order chi connectivity index (χ1) is 11.6. The first-order valence-corrected chi connectivity index (χ1v) is 8.21. The molecule has 0 aliphatic carbocycles. The summed E-state index contributed by atoms with van der Waals surface area (Å²) in [6.45, 7) is 3.96. The van der Waals surface area contributed by atoms with Crippen molar-refractivity contribution in [2.75, 3.05) is 29.9 Å². The van der Waals surface area contributed by atoms with Crippen molar-refractivity contribution in [1.82, 2.24) is 9.97 Å². The number of hydrogen-bond acceptors (Lipinski definition) is 6. The Labute approximate surface area is 140 Å². The molecule has 1 aromatic heterocycles. The van der Waals surface area contributed by atoms with Crippen molar-refractivity contribution < 1.29 is 4.92 Å². The highest BCUT2D eigenvalue weighted by molar-refractivity contribution is 5.62. The molecule has 3 rings (SSSR count). The van der Waals surface area contributed by atoms with Gasteiger partial charge in [0.2, 0.25) is 11.8 Å². The van der Waals surface area contributed by atoms with Crippen LogP contribution in [0.4, 0.5) is 17.5 Å². The lowest BCUT2D eigenvalue weighted by Gasteiger charge is -2.18. The van der Waals surface area contributed by atoms with E-state index in [1.54, 1.807) is 6.92 Å². The maximum absolute atomic E-state index is 11.4. The molecule has 0 radical (unpaired) electrons. The zero-order chi connectivity index (χ0) is 16.9. The number of aryl methyl sites for hydroxylation is 1. The van der Waals surface area contributed by atoms with E-state index in [9.17, 15) is 10.1 Å². The van der Waals surface area contributed by atoms with Gasteiger partial charge >= 0.3 is 5.69 Å². The van der Waals surface area contributed by atoms with Gasteiger partial charge < -0.3 is 10.2 Å². The highest BCUT2D eigenvalue weighted by atomic mass is 16.6. The molecule has 0 saturated carbocycles. The Kier molecular flexibility index (Phi) is 4.88. The topological polar surface area (TPSA) is 84.2 Å². The molecule has 7 heteroatoms. The second kappa shape index (κ2) is 7.25. The molecule has 2 aromatic rings. The molecule has 1 aliphatic rings. The third kappa shape index (κ3) is 3.61. The van der Waals surface area contributed by atoms with Crippen LogP contribution in [0.15, 0.2) is 30.3 Å². The fourth-order valence-electron chi connectivity index (χ4n) is 2.96. The number of anilines is 2. The van der Waals surface area contributed by atoms with E-state index in [0.29, 0.717) is 24.0 Å². The van der Waals surface area contributed by atoms with Crippen LogP contribution in [-0.2, 0) is 6.42 Å². The van der Waals surface area contributed by atoms with Gasteiger partial charge in [-0.1, -0.05) is 30.3 Å². The molecular weight excluding hydrogens is 306 g/mol. The maximum Gasteiger partial charge on any atom is 0.332 e. The zero-order valence-corrected chi connectivity index (χ0v) is 13.7. The number of nitro groups is 1. The summed E-state index contributed by atoms with van der Waals surface area (Å²) < 4.78 is 0. The Morgan fingerprint density at radius 3 is 2.58 bits per heavy atom. The second-order valence-corrected chi connectivity index (χ2v) is 5.92. The van der Waals surface area contributed by atoms with Gasteiger partial charge in [0.1, 0.15) is 5.69 Å². The van der Waals surface area contributed by atoms with Crippen LogP contribution in [0, 0.1) is 17.0 Å². The van der Waals surface area contributed by atoms with Gasteiger partial charge in [-0.2, -0.15) is 4.98 Å². The SMILES string of the molecule is Cc1nc(NCCc2ccccc2)nc(N2CCCC2)c1[N+](=O)[O-]. The summed E-state index contributed by atoms with van der Waals surface area (Å²) in [4.78, 5) is 21.7. The molecule has 7 nitrogen and oxygen atoms in total. The number of rotatable bonds is 6. The average molecular weight is 327 g/mol. The largest absolute Gasteiger partial charge is 0.354 e. The quantitative estimate of drug-likeness (QED) is 0.648. The Bertz CT molecular complexity index is 714. The van der Waals surface area contributed by atoms with E-state index in [1.807, 2.05) is 23.1 Å². The first-order valence-electron chi connectivity index (χ1n) is 8.21. The van der Waals surface area contributed by atoms with Crippen LogP contribution in [0.25, 0.3) is 0 Å². The van der Waals surface area contributed by atoms with E-state index < -0.39 is 0 Å². The van der Waals surface area contributed by atoms with E-state index in [1.165, 1.54) is 5.56 Å². The second-order valence-electron chi connectivity index (χ2n) is 5.92. The van der Waals surface area contributed by atoms with E-state index in [2.05, 4.69) is 27.4 Å². The van der Waals surface area contributed by atoms with Crippen LogP contribution < -0.4 is 10.2 Å². The van der Waals surface area contributed by atoms with Crippen molar-refractivity contribution >= 4 is 17.5 Å². The minimum atomic E-state index is -0.378. The van der Waals surface area contributed by atoms with Crippen LogP contribution in [0.5, 0.6) is 0 Å². The number of hydrogen-bond donors (Lipinski definition) is 1. The van der Waals surface area contributed by atoms with Crippen LogP contribution in [0.3, 0.4) is 0 Å². The van der Waals surface area contributed by atoms with Gasteiger partial charge in [-0.25, -0.2) is 4.98 Å². The molecule has 0 spiro atoms. The molecule has 0 bridgehead atoms. The molecule has 0 unspecified atom stereocenters. The molecule has 24 heavy (non-hydrogen) atoms. The Hall–Kier alpha value is -2.70. The van der Waals surface area contributed by atoms with E-state index in [0.717, 1.165) is 32.4 Å². The zero-order valence-electron chi connectivity index (χ0n) is 13.7. The summed E-state index contributed by atoms with van der Waals surface area (Å²) in [7, 11) is 0. The lowest BCUT2D eigenvalue weighted by Crippen LogP contribution is -2.22. The molecule has 0 amide bonds. The van der Waals surface area contributed by atoms with Gasteiger partial charge in [0, 0.05) is 19.6 Å². The van der Waals surface area contributed by atoms with Gasteiger partial charge in [-0.05, 0) is 31.7 Å². The van der Waals surface area contributed by atoms with Gasteiger partial charge in [-0.3, -0.25) is 10.1 Å². The molecule has 126 valence electrons. The summed E-state index contributed by atoms with van der Waals surface area (Å²) in [6.07, 6.45) is 2.92. The van der Waals surface area contributed by atoms with Crippen molar-refractivity contribution in [2.24, 2.45) is 0 Å². The summed E-state index contributed by atoms with van der Waals surface area (Å²) >= 11 is 0. The van der Waals surface area contributed by atoms with E-state index in [-0.39, 0.29) is 10.6 Å². The fraction of sp³-hybridized carbons (Fsp3) is 0.412. The minimum Gasteiger partial charge on any atom is -0.354 e. The van der Waals surface area contributed by atoms with Gasteiger partial charge in [0.15, 0.2) is 0 Å². The summed E-state index contributed by atoms with van der Waals surface area (Å²) in [5.74, 6) is 0.892. The third-order valence-electron chi connectivity index (χ3n) is 4.17. The van der Waals surface area contributed by atoms with Crippen LogP contribution in [0.2, 0.25) is 0 Å². The number of nitrogens with zero attached hydrogens (tertiary/aromatic N) is 4. The van der Waals surface area contributed by atoms with Crippen LogP contribution >= 0.6 is 0 Å². The van der Waals surface area contributed by atoms with Gasteiger partial charge in [-0.15, -0.1) is 0 Å². The monoisotopic (exact) mass is 327 g/mol. The van der Waals surface area contributed by atoms with Crippen molar-refractivity contribution in [3.05, 3.63) is 51.7 Å². The van der Waals surface area contributed by atoms with Gasteiger partial charge in [0.25, 0.3) is 0 Å². The maximum atomic E-state index is 11.4. The van der Waals surface area contributed by atoms with Crippen LogP contribution in [0.1, 0.15) is 24.1 Å². The normalized spacial score (nSPS) is 14.0. The Balaban J connectivity index is 1.77. The summed E-state index contributed by atoms with van der Waals surface area (Å²) in [6, 6.07) is 10.1. The van der Waals surface area contributed by atoms with E-state index >= 15 is 0 Å². The van der Waals surface area contributed by atoms with Crippen molar-refractivity contribution in [3.8, 4) is 0 Å². The van der Waals surface area contributed by atoms with Crippen LogP contribution in [-0.4, -0.2) is 34.5 Å². The third-order valence-corrected chi connectivity index (χ3v) is 4.17. The van der Waals surface area contributed by atoms with E-state index in [4.69, 9.17) is 0 Å². The van der Waals surface area contributed by atoms with Crippen molar-refractivity contribution in [3.63, 3.8) is 0 Å².